The molecule has 1 aliphatic carbocycles. The highest BCUT2D eigenvalue weighted by atomic mass is 79.9. The number of hydrogen-bond donors (Lipinski definition) is 1. The molecule has 1 fully saturated rings. The molecule has 0 radical (unpaired) electrons. The van der Waals surface area contributed by atoms with E-state index in [2.05, 4.69) is 27.8 Å². The second kappa shape index (κ2) is 3.79. The van der Waals surface area contributed by atoms with Crippen LogP contribution in [-0.2, 0) is 5.41 Å². The normalized spacial score (nSPS) is 16.8. The van der Waals surface area contributed by atoms with Gasteiger partial charge in [0.2, 0.25) is 0 Å². The maximum Gasteiger partial charge on any atom is 0.336 e. The number of hydrogen-bond acceptors (Lipinski definition) is 2. The predicted octanol–water partition coefficient (Wildman–Crippen LogP) is 3.75. The lowest BCUT2D eigenvalue weighted by atomic mass is 10.00. The molecule has 0 bridgehead atoms. The van der Waals surface area contributed by atoms with Crippen molar-refractivity contribution in [3.05, 3.63) is 40.0 Å². The van der Waals surface area contributed by atoms with Gasteiger partial charge in [-0.1, -0.05) is 19.1 Å². The van der Waals surface area contributed by atoms with Gasteiger partial charge in [0, 0.05) is 21.0 Å². The van der Waals surface area contributed by atoms with E-state index in [4.69, 9.17) is 0 Å². The van der Waals surface area contributed by atoms with Crippen LogP contribution in [0.1, 0.15) is 35.8 Å². The molecule has 1 aromatic carbocycles. The van der Waals surface area contributed by atoms with E-state index in [1.54, 1.807) is 12.1 Å². The fourth-order valence-electron chi connectivity index (χ4n) is 2.14. The molecule has 0 atom stereocenters. The Morgan fingerprint density at radius 2 is 2.17 bits per heavy atom. The molecule has 3 rings (SSSR count). The number of rotatable bonds is 2. The quantitative estimate of drug-likeness (QED) is 0.919. The van der Waals surface area contributed by atoms with Crippen LogP contribution in [0.4, 0.5) is 0 Å². The molecule has 3 nitrogen and oxygen atoms in total. The molecule has 0 amide bonds. The summed E-state index contributed by atoms with van der Waals surface area (Å²) < 4.78 is 0.841. The Morgan fingerprint density at radius 3 is 2.78 bits per heavy atom. The molecule has 18 heavy (non-hydrogen) atoms. The van der Waals surface area contributed by atoms with Crippen molar-refractivity contribution in [1.29, 1.82) is 0 Å². The van der Waals surface area contributed by atoms with Crippen LogP contribution in [0.25, 0.3) is 10.9 Å². The van der Waals surface area contributed by atoms with Crippen LogP contribution in [-0.4, -0.2) is 16.1 Å². The van der Waals surface area contributed by atoms with Crippen LogP contribution in [0.15, 0.2) is 28.7 Å². The van der Waals surface area contributed by atoms with Gasteiger partial charge in [-0.05, 0) is 40.9 Å². The van der Waals surface area contributed by atoms with Gasteiger partial charge >= 0.3 is 5.97 Å². The summed E-state index contributed by atoms with van der Waals surface area (Å²) in [4.78, 5) is 16.0. The minimum atomic E-state index is -0.897. The van der Waals surface area contributed by atoms with Gasteiger partial charge < -0.3 is 5.11 Å². The number of carbonyl (C=O) groups is 1. The first-order chi connectivity index (χ1) is 8.51. The highest BCUT2D eigenvalue weighted by Gasteiger charge is 2.41. The van der Waals surface area contributed by atoms with Crippen molar-refractivity contribution in [3.8, 4) is 0 Å². The number of benzene rings is 1. The van der Waals surface area contributed by atoms with E-state index < -0.39 is 5.97 Å². The number of halogens is 1. The molecule has 0 unspecified atom stereocenters. The summed E-state index contributed by atoms with van der Waals surface area (Å²) in [7, 11) is 0. The fourth-order valence-corrected chi connectivity index (χ4v) is 2.60. The lowest BCUT2D eigenvalue weighted by Crippen LogP contribution is -2.08. The molecular weight excluding hydrogens is 294 g/mol. The molecule has 92 valence electrons. The van der Waals surface area contributed by atoms with E-state index >= 15 is 0 Å². The Bertz CT molecular complexity index is 662. The molecule has 0 aliphatic heterocycles. The zero-order valence-corrected chi connectivity index (χ0v) is 11.5. The first kappa shape index (κ1) is 11.7. The number of pyridine rings is 1. The lowest BCUT2D eigenvalue weighted by Gasteiger charge is -2.12. The van der Waals surface area contributed by atoms with Gasteiger partial charge in [0.15, 0.2) is 0 Å². The lowest BCUT2D eigenvalue weighted by molar-refractivity contribution is 0.0699. The largest absolute Gasteiger partial charge is 0.478 e. The molecule has 1 saturated carbocycles. The van der Waals surface area contributed by atoms with Crippen molar-refractivity contribution in [2.75, 3.05) is 0 Å². The molecule has 0 spiro atoms. The average molecular weight is 306 g/mol. The van der Waals surface area contributed by atoms with Crippen molar-refractivity contribution in [1.82, 2.24) is 4.98 Å². The molecule has 1 aromatic heterocycles. The number of aromatic carboxylic acids is 1. The van der Waals surface area contributed by atoms with E-state index in [0.29, 0.717) is 10.9 Å². The van der Waals surface area contributed by atoms with Crippen LogP contribution >= 0.6 is 15.9 Å². The summed E-state index contributed by atoms with van der Waals surface area (Å²) >= 11 is 3.45. The second-order valence-corrected chi connectivity index (χ2v) is 5.91. The third-order valence-electron chi connectivity index (χ3n) is 3.64. The minimum Gasteiger partial charge on any atom is -0.478 e. The maximum atomic E-state index is 11.4. The smallest absolute Gasteiger partial charge is 0.336 e. The molecule has 4 heteroatoms. The van der Waals surface area contributed by atoms with Gasteiger partial charge in [0.25, 0.3) is 0 Å². The van der Waals surface area contributed by atoms with Crippen molar-refractivity contribution < 1.29 is 9.90 Å². The molecule has 2 aromatic rings. The first-order valence-corrected chi connectivity index (χ1v) is 6.64. The number of aromatic nitrogens is 1. The monoisotopic (exact) mass is 305 g/mol. The van der Waals surface area contributed by atoms with Crippen LogP contribution in [0.3, 0.4) is 0 Å². The molecule has 0 saturated heterocycles. The summed E-state index contributed by atoms with van der Waals surface area (Å²) in [6.07, 6.45) is 2.16. The Morgan fingerprint density at radius 1 is 1.44 bits per heavy atom. The SMILES string of the molecule is CC1(c2cc(C(=O)O)c3cccc(Br)c3n2)CC1. The molecule has 1 N–H and O–H groups in total. The van der Waals surface area contributed by atoms with Gasteiger partial charge in [-0.15, -0.1) is 0 Å². The van der Waals surface area contributed by atoms with Crippen LogP contribution in [0, 0.1) is 0 Å². The first-order valence-electron chi connectivity index (χ1n) is 5.84. The number of nitrogens with zero attached hydrogens (tertiary/aromatic N) is 1. The van der Waals surface area contributed by atoms with E-state index in [9.17, 15) is 9.90 Å². The third kappa shape index (κ3) is 1.72. The number of para-hydroxylation sites is 1. The van der Waals surface area contributed by atoms with Gasteiger partial charge in [0.05, 0.1) is 11.1 Å². The van der Waals surface area contributed by atoms with E-state index in [1.807, 2.05) is 12.1 Å². The summed E-state index contributed by atoms with van der Waals surface area (Å²) in [6.45, 7) is 2.13. The van der Waals surface area contributed by atoms with Crippen molar-refractivity contribution in [2.24, 2.45) is 0 Å². The van der Waals surface area contributed by atoms with Crippen molar-refractivity contribution in [3.63, 3.8) is 0 Å². The summed E-state index contributed by atoms with van der Waals surface area (Å²) in [5.41, 5.74) is 2.03. The standard InChI is InChI=1S/C14H12BrNO2/c1-14(5-6-14)11-7-9(13(17)18)8-3-2-4-10(15)12(8)16-11/h2-4,7H,5-6H2,1H3,(H,17,18). The highest BCUT2D eigenvalue weighted by molar-refractivity contribution is 9.10. The number of fused-ring (bicyclic) bond motifs is 1. The van der Waals surface area contributed by atoms with Crippen LogP contribution in [0.5, 0.6) is 0 Å². The predicted molar refractivity (Wildman–Crippen MR) is 73.0 cm³/mol. The topological polar surface area (TPSA) is 50.2 Å². The third-order valence-corrected chi connectivity index (χ3v) is 4.28. The van der Waals surface area contributed by atoms with Crippen molar-refractivity contribution >= 4 is 32.8 Å². The summed E-state index contributed by atoms with van der Waals surface area (Å²) in [6, 6.07) is 7.25. The second-order valence-electron chi connectivity index (χ2n) is 5.06. The van der Waals surface area contributed by atoms with Gasteiger partial charge in [-0.2, -0.15) is 0 Å². The van der Waals surface area contributed by atoms with Crippen LogP contribution < -0.4 is 0 Å². The zero-order valence-electron chi connectivity index (χ0n) is 9.90. The molecule has 1 aliphatic rings. The van der Waals surface area contributed by atoms with Gasteiger partial charge in [-0.3, -0.25) is 4.98 Å². The van der Waals surface area contributed by atoms with Gasteiger partial charge in [-0.25, -0.2) is 4.79 Å². The zero-order chi connectivity index (χ0) is 12.9. The molecule has 1 heterocycles. The summed E-state index contributed by atoms with van der Waals surface area (Å²) in [5.74, 6) is -0.897. The minimum absolute atomic E-state index is 0.0632. The average Bonchev–Trinajstić information content (AvgIpc) is 3.08. The maximum absolute atomic E-state index is 11.4. The van der Waals surface area contributed by atoms with Crippen molar-refractivity contribution in [2.45, 2.75) is 25.2 Å². The highest BCUT2D eigenvalue weighted by Crippen LogP contribution is 2.47. The van der Waals surface area contributed by atoms with E-state index in [-0.39, 0.29) is 5.41 Å². The van der Waals surface area contributed by atoms with E-state index in [1.165, 1.54) is 0 Å². The number of carboxylic acid groups (broad SMARTS) is 1. The van der Waals surface area contributed by atoms with Crippen LogP contribution in [0.2, 0.25) is 0 Å². The Kier molecular flexibility index (Phi) is 2.45. The number of carboxylic acids is 1. The Balaban J connectivity index is 2.36. The Labute approximate surface area is 113 Å². The Hall–Kier alpha value is -1.42. The fraction of sp³-hybridized carbons (Fsp3) is 0.286. The van der Waals surface area contributed by atoms with E-state index in [0.717, 1.165) is 28.5 Å². The summed E-state index contributed by atoms with van der Waals surface area (Å²) in [5, 5.41) is 10.0. The molecular formula is C14H12BrNO2. The van der Waals surface area contributed by atoms with Gasteiger partial charge in [0.1, 0.15) is 0 Å².